The second kappa shape index (κ2) is 5.01. The van der Waals surface area contributed by atoms with Crippen molar-refractivity contribution in [2.24, 2.45) is 11.7 Å². The molecule has 1 aromatic heterocycles. The van der Waals surface area contributed by atoms with Gasteiger partial charge in [0.05, 0.1) is 5.84 Å². The third-order valence-corrected chi connectivity index (χ3v) is 3.27. The van der Waals surface area contributed by atoms with E-state index in [2.05, 4.69) is 10.2 Å². The number of nitrogens with one attached hydrogen (secondary N) is 2. The van der Waals surface area contributed by atoms with E-state index in [1.807, 2.05) is 13.8 Å². The molecule has 6 nitrogen and oxygen atoms in total. The zero-order chi connectivity index (χ0) is 11.4. The molecule has 0 amide bonds. The van der Waals surface area contributed by atoms with E-state index in [0.717, 1.165) is 0 Å². The Morgan fingerprint density at radius 2 is 2.47 bits per heavy atom. The van der Waals surface area contributed by atoms with Crippen LogP contribution in [0.5, 0.6) is 0 Å². The molecule has 0 aromatic carbocycles. The molecule has 1 heterocycles. The van der Waals surface area contributed by atoms with Gasteiger partial charge < -0.3 is 5.73 Å². The predicted octanol–water partition coefficient (Wildman–Crippen LogP) is 0.255. The summed E-state index contributed by atoms with van der Waals surface area (Å²) in [4.78, 5) is 11.2. The van der Waals surface area contributed by atoms with Crippen LogP contribution >= 0.6 is 11.8 Å². The van der Waals surface area contributed by atoms with Gasteiger partial charge >= 0.3 is 5.69 Å². The van der Waals surface area contributed by atoms with Crippen LogP contribution in [-0.2, 0) is 6.54 Å². The van der Waals surface area contributed by atoms with Crippen LogP contribution in [0.25, 0.3) is 0 Å². The first-order valence-electron chi connectivity index (χ1n) is 4.68. The molecular formula is C8H15N5OS. The number of aromatic nitrogens is 3. The van der Waals surface area contributed by atoms with Crippen LogP contribution in [0.2, 0.25) is 0 Å². The molecule has 1 atom stereocenters. The molecule has 0 fully saturated rings. The standard InChI is InChI=1S/C8H15N5OS/c1-3-13-7(14)11-12-8(13)15-4-5(2)6(9)10/h5H,3-4H2,1-2H3,(H3,9,10)(H,11,14). The summed E-state index contributed by atoms with van der Waals surface area (Å²) in [5, 5.41) is 14.2. The van der Waals surface area contributed by atoms with Crippen LogP contribution in [0, 0.1) is 11.3 Å². The lowest BCUT2D eigenvalue weighted by atomic mass is 10.2. The molecular weight excluding hydrogens is 214 g/mol. The van der Waals surface area contributed by atoms with Crippen LogP contribution < -0.4 is 11.4 Å². The van der Waals surface area contributed by atoms with Crippen molar-refractivity contribution in [3.63, 3.8) is 0 Å². The quantitative estimate of drug-likeness (QED) is 0.383. The van der Waals surface area contributed by atoms with E-state index in [-0.39, 0.29) is 17.4 Å². The fraction of sp³-hybridized carbons (Fsp3) is 0.625. The highest BCUT2D eigenvalue weighted by Gasteiger charge is 2.11. The van der Waals surface area contributed by atoms with Crippen molar-refractivity contribution in [2.75, 3.05) is 5.75 Å². The van der Waals surface area contributed by atoms with Gasteiger partial charge in [0.1, 0.15) is 0 Å². The molecule has 0 saturated heterocycles. The summed E-state index contributed by atoms with van der Waals surface area (Å²) >= 11 is 1.43. The van der Waals surface area contributed by atoms with Gasteiger partial charge in [-0.3, -0.25) is 9.98 Å². The maximum absolute atomic E-state index is 11.2. The Hall–Kier alpha value is -1.24. The second-order valence-electron chi connectivity index (χ2n) is 3.22. The fourth-order valence-corrected chi connectivity index (χ4v) is 2.04. The molecule has 1 rings (SSSR count). The first-order valence-corrected chi connectivity index (χ1v) is 5.66. The molecule has 0 aliphatic rings. The Kier molecular flexibility index (Phi) is 3.96. The zero-order valence-electron chi connectivity index (χ0n) is 8.78. The highest BCUT2D eigenvalue weighted by molar-refractivity contribution is 7.99. The molecule has 0 aliphatic heterocycles. The lowest BCUT2D eigenvalue weighted by molar-refractivity contribution is 0.659. The van der Waals surface area contributed by atoms with Gasteiger partial charge in [-0.05, 0) is 6.92 Å². The van der Waals surface area contributed by atoms with E-state index >= 15 is 0 Å². The molecule has 0 aliphatic carbocycles. The number of aromatic amines is 1. The van der Waals surface area contributed by atoms with Crippen LogP contribution in [0.4, 0.5) is 0 Å². The van der Waals surface area contributed by atoms with E-state index in [4.69, 9.17) is 11.1 Å². The van der Waals surface area contributed by atoms with Crippen molar-refractivity contribution in [2.45, 2.75) is 25.5 Å². The van der Waals surface area contributed by atoms with Crippen molar-refractivity contribution in [3.05, 3.63) is 10.5 Å². The minimum Gasteiger partial charge on any atom is -0.387 e. The first kappa shape index (κ1) is 11.8. The zero-order valence-corrected chi connectivity index (χ0v) is 9.60. The van der Waals surface area contributed by atoms with Gasteiger partial charge in [-0.15, -0.1) is 5.10 Å². The van der Waals surface area contributed by atoms with Crippen molar-refractivity contribution < 1.29 is 0 Å². The number of hydrogen-bond acceptors (Lipinski definition) is 4. The van der Waals surface area contributed by atoms with E-state index in [0.29, 0.717) is 17.5 Å². The number of amidine groups is 1. The largest absolute Gasteiger partial charge is 0.387 e. The highest BCUT2D eigenvalue weighted by atomic mass is 32.2. The van der Waals surface area contributed by atoms with Crippen LogP contribution in [0.1, 0.15) is 13.8 Å². The molecule has 0 saturated carbocycles. The van der Waals surface area contributed by atoms with Gasteiger partial charge in [0, 0.05) is 18.2 Å². The Balaban J connectivity index is 2.65. The maximum atomic E-state index is 11.2. The fourth-order valence-electron chi connectivity index (χ4n) is 0.982. The van der Waals surface area contributed by atoms with Crippen LogP contribution in [0.3, 0.4) is 0 Å². The number of H-pyrrole nitrogens is 1. The SMILES string of the molecule is CCn1c(SCC(C)C(=N)N)n[nH]c1=O. The summed E-state index contributed by atoms with van der Waals surface area (Å²) < 4.78 is 1.55. The summed E-state index contributed by atoms with van der Waals surface area (Å²) in [5.74, 6) is 0.801. The van der Waals surface area contributed by atoms with Gasteiger partial charge in [0.2, 0.25) is 0 Å². The Labute approximate surface area is 91.8 Å². The van der Waals surface area contributed by atoms with E-state index in [1.165, 1.54) is 11.8 Å². The summed E-state index contributed by atoms with van der Waals surface area (Å²) in [6.07, 6.45) is 0. The topological polar surface area (TPSA) is 101 Å². The minimum atomic E-state index is -0.199. The van der Waals surface area contributed by atoms with Crippen molar-refractivity contribution >= 4 is 17.6 Å². The molecule has 0 spiro atoms. The van der Waals surface area contributed by atoms with Gasteiger partial charge in [-0.2, -0.15) is 0 Å². The highest BCUT2D eigenvalue weighted by Crippen LogP contribution is 2.16. The molecule has 0 bridgehead atoms. The van der Waals surface area contributed by atoms with Crippen LogP contribution in [0.15, 0.2) is 9.95 Å². The molecule has 15 heavy (non-hydrogen) atoms. The van der Waals surface area contributed by atoms with E-state index in [1.54, 1.807) is 4.57 Å². The monoisotopic (exact) mass is 229 g/mol. The average molecular weight is 229 g/mol. The molecule has 84 valence electrons. The summed E-state index contributed by atoms with van der Waals surface area (Å²) in [6, 6.07) is 0. The van der Waals surface area contributed by atoms with Crippen molar-refractivity contribution in [1.82, 2.24) is 14.8 Å². The van der Waals surface area contributed by atoms with Crippen molar-refractivity contribution in [3.8, 4) is 0 Å². The van der Waals surface area contributed by atoms with Crippen LogP contribution in [-0.4, -0.2) is 26.4 Å². The first-order chi connectivity index (χ1) is 7.06. The second-order valence-corrected chi connectivity index (χ2v) is 4.21. The summed E-state index contributed by atoms with van der Waals surface area (Å²) in [5.41, 5.74) is 5.15. The molecule has 1 unspecified atom stereocenters. The van der Waals surface area contributed by atoms with E-state index in [9.17, 15) is 4.79 Å². The van der Waals surface area contributed by atoms with Gasteiger partial charge in [-0.1, -0.05) is 18.7 Å². The number of hydrogen-bond donors (Lipinski definition) is 3. The Morgan fingerprint density at radius 3 is 3.00 bits per heavy atom. The number of nitrogens with two attached hydrogens (primary N) is 1. The Bertz CT molecular complexity index is 396. The van der Waals surface area contributed by atoms with Gasteiger partial charge in [0.25, 0.3) is 0 Å². The number of thioether (sulfide) groups is 1. The number of rotatable bonds is 5. The van der Waals surface area contributed by atoms with Crippen molar-refractivity contribution in [1.29, 1.82) is 5.41 Å². The van der Waals surface area contributed by atoms with Gasteiger partial charge in [-0.25, -0.2) is 9.89 Å². The third kappa shape index (κ3) is 2.85. The molecule has 1 aromatic rings. The summed E-state index contributed by atoms with van der Waals surface area (Å²) in [6.45, 7) is 4.35. The molecule has 7 heteroatoms. The lowest BCUT2D eigenvalue weighted by Gasteiger charge is -2.08. The van der Waals surface area contributed by atoms with E-state index < -0.39 is 0 Å². The van der Waals surface area contributed by atoms with Gasteiger partial charge in [0.15, 0.2) is 5.16 Å². The molecule has 0 radical (unpaired) electrons. The third-order valence-electron chi connectivity index (χ3n) is 2.03. The lowest BCUT2D eigenvalue weighted by Crippen LogP contribution is -2.22. The number of nitrogens with zero attached hydrogens (tertiary/aromatic N) is 2. The maximum Gasteiger partial charge on any atom is 0.343 e. The predicted molar refractivity (Wildman–Crippen MR) is 60.3 cm³/mol. The Morgan fingerprint density at radius 1 is 1.80 bits per heavy atom. The smallest absolute Gasteiger partial charge is 0.343 e. The summed E-state index contributed by atoms with van der Waals surface area (Å²) in [7, 11) is 0. The minimum absolute atomic E-state index is 0.00731. The molecule has 4 N–H and O–H groups in total. The average Bonchev–Trinajstić information content (AvgIpc) is 2.55. The normalized spacial score (nSPS) is 12.7.